The molecule has 272 valence electrons. The first-order valence-corrected chi connectivity index (χ1v) is 17.2. The fourth-order valence-electron chi connectivity index (χ4n) is 5.88. The van der Waals surface area contributed by atoms with Crippen LogP contribution in [0.5, 0.6) is 0 Å². The molecular formula is C38H34F2N6O6S. The first kappa shape index (κ1) is 36.8. The number of ether oxygens (including phenoxy) is 1. The van der Waals surface area contributed by atoms with Crippen LogP contribution in [0.25, 0.3) is 26.3 Å². The maximum absolute atomic E-state index is 15.1. The Morgan fingerprint density at radius 2 is 1.58 bits per heavy atom. The van der Waals surface area contributed by atoms with Crippen LogP contribution in [0.3, 0.4) is 0 Å². The van der Waals surface area contributed by atoms with E-state index in [1.54, 1.807) is 79.7 Å². The molecule has 0 radical (unpaired) electrons. The summed E-state index contributed by atoms with van der Waals surface area (Å²) < 4.78 is 37.5. The highest BCUT2D eigenvalue weighted by Crippen LogP contribution is 2.39. The van der Waals surface area contributed by atoms with Gasteiger partial charge in [-0.3, -0.25) is 19.1 Å². The number of fused-ring (bicyclic) bond motifs is 1. The number of nitrogens with one attached hydrogen (secondary N) is 2. The van der Waals surface area contributed by atoms with E-state index in [0.717, 1.165) is 28.0 Å². The fraction of sp³-hybridized carbons (Fsp3) is 0.184. The van der Waals surface area contributed by atoms with Crippen molar-refractivity contribution in [2.75, 3.05) is 26.1 Å². The Balaban J connectivity index is 1.54. The Morgan fingerprint density at radius 3 is 2.26 bits per heavy atom. The summed E-state index contributed by atoms with van der Waals surface area (Å²) in [5, 5.41) is 2.83. The first-order valence-electron chi connectivity index (χ1n) is 16.4. The van der Waals surface area contributed by atoms with Crippen molar-refractivity contribution in [1.82, 2.24) is 24.5 Å². The minimum absolute atomic E-state index is 0.155. The average molecular weight is 741 g/mol. The van der Waals surface area contributed by atoms with Gasteiger partial charge in [0.1, 0.15) is 22.2 Å². The van der Waals surface area contributed by atoms with Crippen molar-refractivity contribution < 1.29 is 27.9 Å². The minimum atomic E-state index is -0.836. The molecule has 12 nitrogen and oxygen atoms in total. The number of pyridine rings is 1. The number of rotatable bonds is 12. The second kappa shape index (κ2) is 16.1. The summed E-state index contributed by atoms with van der Waals surface area (Å²) in [6.07, 6.45) is 0. The molecule has 0 aliphatic heterocycles. The second-order valence-electron chi connectivity index (χ2n) is 11.9. The van der Waals surface area contributed by atoms with Gasteiger partial charge in [-0.25, -0.2) is 38.2 Å². The molecule has 0 fully saturated rings. The molecule has 53 heavy (non-hydrogen) atoms. The van der Waals surface area contributed by atoms with Crippen LogP contribution in [0.15, 0.2) is 101 Å². The van der Waals surface area contributed by atoms with Crippen molar-refractivity contribution in [1.29, 1.82) is 0 Å². The van der Waals surface area contributed by atoms with Crippen LogP contribution in [0.4, 0.5) is 19.3 Å². The number of nitrogens with zero attached hydrogens (tertiary/aromatic N) is 4. The van der Waals surface area contributed by atoms with E-state index in [1.807, 2.05) is 11.9 Å². The zero-order valence-corrected chi connectivity index (χ0v) is 29.7. The highest BCUT2D eigenvalue weighted by molar-refractivity contribution is 7.22. The number of esters is 1. The number of thiophene rings is 1. The molecule has 0 aliphatic carbocycles. The molecule has 6 aromatic rings. The molecule has 2 amide bonds. The third kappa shape index (κ3) is 7.91. The molecule has 2 N–H and O–H groups in total. The number of hydrogen-bond donors (Lipinski definition) is 2. The number of urea groups is 1. The Bertz CT molecular complexity index is 2390. The lowest BCUT2D eigenvalue weighted by atomic mass is 10.1. The first-order chi connectivity index (χ1) is 25.6. The molecule has 3 aromatic carbocycles. The van der Waals surface area contributed by atoms with E-state index >= 15 is 8.78 Å². The highest BCUT2D eigenvalue weighted by atomic mass is 32.1. The SMILES string of the molecule is CCOC(=O)c1cccc(CN(C)Cc2c(-c3ccc(NC(=O)NOC)cc3)sc3c2c(=O)n(-c2ccccc2)c(=O)n3Cc2c(F)cccc2F)n1. The molecule has 3 heterocycles. The van der Waals surface area contributed by atoms with Crippen LogP contribution in [0.1, 0.15) is 34.2 Å². The zero-order chi connectivity index (χ0) is 37.6. The number of carbonyl (C=O) groups is 2. The third-order valence-corrected chi connectivity index (χ3v) is 9.52. The Labute approximate surface area is 305 Å². The monoisotopic (exact) mass is 740 g/mol. The Morgan fingerprint density at radius 1 is 0.887 bits per heavy atom. The maximum atomic E-state index is 15.1. The highest BCUT2D eigenvalue weighted by Gasteiger charge is 2.26. The quantitative estimate of drug-likeness (QED) is 0.114. The number of carbonyl (C=O) groups excluding carboxylic acids is 2. The van der Waals surface area contributed by atoms with Crippen LogP contribution >= 0.6 is 11.3 Å². The maximum Gasteiger partial charge on any atom is 0.356 e. The summed E-state index contributed by atoms with van der Waals surface area (Å²) in [4.78, 5) is 65.1. The number of para-hydroxylation sites is 1. The summed E-state index contributed by atoms with van der Waals surface area (Å²) in [5.41, 5.74) is 3.12. The van der Waals surface area contributed by atoms with E-state index in [9.17, 15) is 19.2 Å². The van der Waals surface area contributed by atoms with E-state index in [2.05, 4.69) is 20.6 Å². The van der Waals surface area contributed by atoms with Crippen LogP contribution < -0.4 is 22.0 Å². The van der Waals surface area contributed by atoms with Crippen molar-refractivity contribution >= 4 is 39.2 Å². The number of amides is 2. The molecule has 15 heteroatoms. The van der Waals surface area contributed by atoms with Crippen LogP contribution in [0.2, 0.25) is 0 Å². The van der Waals surface area contributed by atoms with Gasteiger partial charge in [-0.05, 0) is 73.6 Å². The van der Waals surface area contributed by atoms with E-state index in [4.69, 9.17) is 4.74 Å². The van der Waals surface area contributed by atoms with Crippen LogP contribution in [0, 0.1) is 11.6 Å². The molecule has 6 rings (SSSR count). The molecule has 0 atom stereocenters. The van der Waals surface area contributed by atoms with E-state index in [-0.39, 0.29) is 46.9 Å². The largest absolute Gasteiger partial charge is 0.461 e. The second-order valence-corrected chi connectivity index (χ2v) is 12.9. The van der Waals surface area contributed by atoms with Gasteiger partial charge in [0.15, 0.2) is 0 Å². The Kier molecular flexibility index (Phi) is 11.2. The van der Waals surface area contributed by atoms with Crippen LogP contribution in [-0.2, 0) is 29.2 Å². The summed E-state index contributed by atoms with van der Waals surface area (Å²) in [7, 11) is 3.12. The summed E-state index contributed by atoms with van der Waals surface area (Å²) in [6.45, 7) is 1.84. The molecule has 0 saturated heterocycles. The van der Waals surface area contributed by atoms with Gasteiger partial charge in [-0.2, -0.15) is 0 Å². The van der Waals surface area contributed by atoms with Crippen molar-refractivity contribution in [3.63, 3.8) is 0 Å². The number of aromatic nitrogens is 3. The number of halogens is 2. The standard InChI is InChI=1S/C38H34F2N6O6S/c1-4-52-36(48)31-15-8-10-25(41-31)20-44(2)21-28-32-34(47)46(26-11-6-5-7-12-26)38(50)45(22-27-29(39)13-9-14-30(27)40)35(32)53-33(28)23-16-18-24(19-17-23)42-37(49)43-51-3/h5-19H,4,20-22H2,1-3H3,(H2,42,43,49). The zero-order valence-electron chi connectivity index (χ0n) is 28.9. The predicted molar refractivity (Wildman–Crippen MR) is 197 cm³/mol. The van der Waals surface area contributed by atoms with Gasteiger partial charge in [0.05, 0.1) is 37.0 Å². The van der Waals surface area contributed by atoms with Gasteiger partial charge in [0.2, 0.25) is 0 Å². The lowest BCUT2D eigenvalue weighted by molar-refractivity contribution is 0.0519. The van der Waals surface area contributed by atoms with Gasteiger partial charge < -0.3 is 10.1 Å². The molecule has 0 aliphatic rings. The molecular weight excluding hydrogens is 707 g/mol. The fourth-order valence-corrected chi connectivity index (χ4v) is 7.18. The summed E-state index contributed by atoms with van der Waals surface area (Å²) in [5.74, 6) is -2.22. The summed E-state index contributed by atoms with van der Waals surface area (Å²) in [6, 6.07) is 23.0. The molecule has 3 aromatic heterocycles. The van der Waals surface area contributed by atoms with E-state index < -0.39 is 41.4 Å². The number of hydroxylamine groups is 1. The predicted octanol–water partition coefficient (Wildman–Crippen LogP) is 6.09. The van der Waals surface area contributed by atoms with Gasteiger partial charge in [0.25, 0.3) is 5.56 Å². The Hall–Kier alpha value is -6.03. The minimum Gasteiger partial charge on any atom is -0.461 e. The van der Waals surface area contributed by atoms with Crippen LogP contribution in [-0.4, -0.2) is 51.8 Å². The van der Waals surface area contributed by atoms with Gasteiger partial charge in [0, 0.05) is 29.2 Å². The summed E-state index contributed by atoms with van der Waals surface area (Å²) >= 11 is 1.14. The number of hydrogen-bond acceptors (Lipinski definition) is 9. The third-order valence-electron chi connectivity index (χ3n) is 8.22. The van der Waals surface area contributed by atoms with Gasteiger partial charge >= 0.3 is 17.7 Å². The average Bonchev–Trinajstić information content (AvgIpc) is 3.51. The number of benzene rings is 3. The van der Waals surface area contributed by atoms with E-state index in [0.29, 0.717) is 27.4 Å². The van der Waals surface area contributed by atoms with Gasteiger partial charge in [-0.15, -0.1) is 11.3 Å². The lowest BCUT2D eigenvalue weighted by Gasteiger charge is -2.18. The topological polar surface area (TPSA) is 137 Å². The van der Waals surface area contributed by atoms with Crippen molar-refractivity contribution in [2.45, 2.75) is 26.6 Å². The molecule has 0 spiro atoms. The molecule has 0 unspecified atom stereocenters. The molecule has 0 saturated carbocycles. The lowest BCUT2D eigenvalue weighted by Crippen LogP contribution is -2.39. The van der Waals surface area contributed by atoms with Gasteiger partial charge in [-0.1, -0.05) is 42.5 Å². The van der Waals surface area contributed by atoms with E-state index in [1.165, 1.54) is 17.7 Å². The smallest absolute Gasteiger partial charge is 0.356 e. The normalized spacial score (nSPS) is 11.2. The van der Waals surface area contributed by atoms with Crippen molar-refractivity contribution in [3.8, 4) is 16.1 Å². The number of anilines is 1. The van der Waals surface area contributed by atoms with Crippen molar-refractivity contribution in [2.24, 2.45) is 0 Å². The van der Waals surface area contributed by atoms with Crippen molar-refractivity contribution in [3.05, 3.63) is 146 Å². The molecule has 0 bridgehead atoms.